The van der Waals surface area contributed by atoms with Crippen LogP contribution in [0.25, 0.3) is 11.3 Å². The maximum atomic E-state index is 12.6. The van der Waals surface area contributed by atoms with Gasteiger partial charge < -0.3 is 20.1 Å². The van der Waals surface area contributed by atoms with Gasteiger partial charge in [-0.2, -0.15) is 5.10 Å². The van der Waals surface area contributed by atoms with E-state index in [9.17, 15) is 9.59 Å². The van der Waals surface area contributed by atoms with E-state index in [1.807, 2.05) is 47.8 Å². The average Bonchev–Trinajstić information content (AvgIpc) is 3.50. The number of methoxy groups -OCH3 is 1. The van der Waals surface area contributed by atoms with E-state index in [1.54, 1.807) is 54.6 Å². The Morgan fingerprint density at radius 3 is 2.44 bits per heavy atom. The molecule has 0 aliphatic rings. The molecule has 0 bridgehead atoms. The summed E-state index contributed by atoms with van der Waals surface area (Å²) in [6.07, 6.45) is 1.49. The maximum absolute atomic E-state index is 12.6. The van der Waals surface area contributed by atoms with E-state index >= 15 is 0 Å². The van der Waals surface area contributed by atoms with Crippen LogP contribution in [-0.2, 0) is 4.79 Å². The van der Waals surface area contributed by atoms with Gasteiger partial charge in [-0.1, -0.05) is 41.9 Å². The number of hydrazone groups is 1. The fraction of sp³-hybridized carbons (Fsp3) is 0.0625. The zero-order chi connectivity index (χ0) is 30.0. The van der Waals surface area contributed by atoms with Crippen molar-refractivity contribution in [3.05, 3.63) is 119 Å². The van der Waals surface area contributed by atoms with E-state index in [-0.39, 0.29) is 18.4 Å². The molecule has 1 aromatic heterocycles. The number of halogens is 1. The van der Waals surface area contributed by atoms with Crippen LogP contribution >= 0.6 is 22.9 Å². The average molecular weight is 612 g/mol. The molecule has 9 nitrogen and oxygen atoms in total. The Bertz CT molecular complexity index is 1730. The van der Waals surface area contributed by atoms with Crippen molar-refractivity contribution in [3.8, 4) is 22.8 Å². The molecule has 1 heterocycles. The molecule has 0 fully saturated rings. The highest BCUT2D eigenvalue weighted by Crippen LogP contribution is 2.28. The van der Waals surface area contributed by atoms with Gasteiger partial charge in [0.1, 0.15) is 0 Å². The first kappa shape index (κ1) is 29.3. The summed E-state index contributed by atoms with van der Waals surface area (Å²) < 4.78 is 11.0. The summed E-state index contributed by atoms with van der Waals surface area (Å²) in [6, 6.07) is 28.8. The Morgan fingerprint density at radius 2 is 1.70 bits per heavy atom. The molecule has 43 heavy (non-hydrogen) atoms. The van der Waals surface area contributed by atoms with Crippen LogP contribution < -0.4 is 25.5 Å². The molecule has 0 aliphatic carbocycles. The molecule has 0 spiro atoms. The van der Waals surface area contributed by atoms with Gasteiger partial charge >= 0.3 is 0 Å². The molecule has 0 radical (unpaired) electrons. The number of hydrogen-bond donors (Lipinski definition) is 3. The van der Waals surface area contributed by atoms with E-state index in [4.69, 9.17) is 21.1 Å². The summed E-state index contributed by atoms with van der Waals surface area (Å²) in [6.45, 7) is -0.213. The minimum Gasteiger partial charge on any atom is -0.493 e. The van der Waals surface area contributed by atoms with Crippen LogP contribution in [0.5, 0.6) is 11.5 Å². The second-order valence-corrected chi connectivity index (χ2v) is 10.4. The van der Waals surface area contributed by atoms with Gasteiger partial charge in [-0.15, -0.1) is 11.3 Å². The number of para-hydroxylation sites is 1. The topological polar surface area (TPSA) is 114 Å². The molecule has 0 saturated carbocycles. The number of nitrogens with one attached hydrogen (secondary N) is 3. The molecule has 5 rings (SSSR count). The molecular formula is C32H26ClN5O4S. The molecule has 3 N–H and O–H groups in total. The van der Waals surface area contributed by atoms with Crippen molar-refractivity contribution in [1.82, 2.24) is 10.4 Å². The molecule has 0 atom stereocenters. The first-order valence-corrected chi connectivity index (χ1v) is 14.3. The quantitative estimate of drug-likeness (QED) is 0.109. The Hall–Kier alpha value is -5.19. The van der Waals surface area contributed by atoms with Crippen LogP contribution in [0, 0.1) is 0 Å². The predicted molar refractivity (Wildman–Crippen MR) is 171 cm³/mol. The highest BCUT2D eigenvalue weighted by atomic mass is 35.5. The van der Waals surface area contributed by atoms with Crippen LogP contribution in [0.15, 0.2) is 108 Å². The highest BCUT2D eigenvalue weighted by Gasteiger charge is 2.10. The van der Waals surface area contributed by atoms with Crippen molar-refractivity contribution >= 4 is 57.5 Å². The van der Waals surface area contributed by atoms with E-state index in [1.165, 1.54) is 24.7 Å². The number of thiazole rings is 1. The zero-order valence-electron chi connectivity index (χ0n) is 22.9. The van der Waals surface area contributed by atoms with Crippen LogP contribution in [-0.4, -0.2) is 36.7 Å². The molecule has 216 valence electrons. The van der Waals surface area contributed by atoms with Gasteiger partial charge in [0.2, 0.25) is 0 Å². The van der Waals surface area contributed by atoms with Gasteiger partial charge in [0, 0.05) is 32.9 Å². The first-order valence-electron chi connectivity index (χ1n) is 13.0. The van der Waals surface area contributed by atoms with Gasteiger partial charge in [0.05, 0.1) is 19.0 Å². The van der Waals surface area contributed by atoms with Gasteiger partial charge in [-0.25, -0.2) is 10.4 Å². The lowest BCUT2D eigenvalue weighted by atomic mass is 10.1. The van der Waals surface area contributed by atoms with Crippen molar-refractivity contribution in [2.75, 3.05) is 24.4 Å². The fourth-order valence-corrected chi connectivity index (χ4v) is 4.75. The summed E-state index contributed by atoms with van der Waals surface area (Å²) in [5.41, 5.74) is 6.94. The Balaban J connectivity index is 1.13. The summed E-state index contributed by atoms with van der Waals surface area (Å²) >= 11 is 7.38. The Kier molecular flexibility index (Phi) is 9.63. The molecule has 11 heteroatoms. The predicted octanol–water partition coefficient (Wildman–Crippen LogP) is 7.00. The number of ether oxygens (including phenoxy) is 2. The number of aromatic nitrogens is 1. The number of carbonyl (C=O) groups is 2. The monoisotopic (exact) mass is 611 g/mol. The molecule has 0 saturated heterocycles. The minimum atomic E-state index is -0.355. The standard InChI is InChI=1S/C32H26ClN5O4S/c1-41-29-17-21(7-16-28(29)42-19-30(39)35-26-14-12-24(33)13-15-26)18-34-38-31(40)23-10-8-22(9-11-23)27-20-43-32(37-27)36-25-5-3-2-4-6-25/h2-18,20H,19H2,1H3,(H,35,39)(H,36,37)(H,38,40)/b34-18+. The number of anilines is 3. The summed E-state index contributed by atoms with van der Waals surface area (Å²) in [5.74, 6) is 0.112. The largest absolute Gasteiger partial charge is 0.493 e. The number of rotatable bonds is 11. The van der Waals surface area contributed by atoms with Gasteiger partial charge in [-0.3, -0.25) is 9.59 Å². The first-order chi connectivity index (χ1) is 21.0. The minimum absolute atomic E-state index is 0.213. The number of carbonyl (C=O) groups excluding carboxylic acids is 2. The van der Waals surface area contributed by atoms with Crippen LogP contribution in [0.1, 0.15) is 15.9 Å². The normalized spacial score (nSPS) is 10.7. The van der Waals surface area contributed by atoms with Crippen LogP contribution in [0.4, 0.5) is 16.5 Å². The number of amides is 2. The third kappa shape index (κ3) is 8.19. The van der Waals surface area contributed by atoms with Crippen molar-refractivity contribution in [3.63, 3.8) is 0 Å². The van der Waals surface area contributed by atoms with E-state index in [2.05, 4.69) is 26.1 Å². The molecule has 0 aliphatic heterocycles. The second kappa shape index (κ2) is 14.1. The maximum Gasteiger partial charge on any atom is 0.271 e. The van der Waals surface area contributed by atoms with Crippen molar-refractivity contribution < 1.29 is 19.1 Å². The van der Waals surface area contributed by atoms with E-state index in [0.29, 0.717) is 33.3 Å². The number of benzene rings is 4. The smallest absolute Gasteiger partial charge is 0.271 e. The summed E-state index contributed by atoms with van der Waals surface area (Å²) in [7, 11) is 1.49. The second-order valence-electron chi connectivity index (χ2n) is 9.06. The fourth-order valence-electron chi connectivity index (χ4n) is 3.89. The Morgan fingerprint density at radius 1 is 0.930 bits per heavy atom. The third-order valence-corrected chi connectivity index (χ3v) is 7.04. The molecule has 4 aromatic carbocycles. The summed E-state index contributed by atoms with van der Waals surface area (Å²) in [4.78, 5) is 29.5. The molecular weight excluding hydrogens is 586 g/mol. The van der Waals surface area contributed by atoms with Crippen LogP contribution in [0.3, 0.4) is 0 Å². The van der Waals surface area contributed by atoms with E-state index < -0.39 is 0 Å². The Labute approximate surface area is 257 Å². The zero-order valence-corrected chi connectivity index (χ0v) is 24.5. The SMILES string of the molecule is COc1cc(/C=N/NC(=O)c2ccc(-c3csc(Nc4ccccc4)n3)cc2)ccc1OCC(=O)Nc1ccc(Cl)cc1. The van der Waals surface area contributed by atoms with Gasteiger partial charge in [-0.05, 0) is 72.3 Å². The van der Waals surface area contributed by atoms with Crippen molar-refractivity contribution in [1.29, 1.82) is 0 Å². The van der Waals surface area contributed by atoms with Crippen molar-refractivity contribution in [2.24, 2.45) is 5.10 Å². The number of nitrogens with zero attached hydrogens (tertiary/aromatic N) is 2. The lowest BCUT2D eigenvalue weighted by molar-refractivity contribution is -0.118. The van der Waals surface area contributed by atoms with Gasteiger partial charge in [0.15, 0.2) is 23.2 Å². The number of hydrogen-bond acceptors (Lipinski definition) is 8. The van der Waals surface area contributed by atoms with E-state index in [0.717, 1.165) is 22.1 Å². The summed E-state index contributed by atoms with van der Waals surface area (Å²) in [5, 5.41) is 13.4. The highest BCUT2D eigenvalue weighted by molar-refractivity contribution is 7.14. The molecule has 2 amide bonds. The van der Waals surface area contributed by atoms with Crippen molar-refractivity contribution in [2.45, 2.75) is 0 Å². The molecule has 5 aromatic rings. The lowest BCUT2D eigenvalue weighted by Crippen LogP contribution is -2.20. The third-order valence-electron chi connectivity index (χ3n) is 6.03. The molecule has 0 unspecified atom stereocenters. The lowest BCUT2D eigenvalue weighted by Gasteiger charge is -2.11. The van der Waals surface area contributed by atoms with Gasteiger partial charge in [0.25, 0.3) is 11.8 Å². The van der Waals surface area contributed by atoms with Crippen LogP contribution in [0.2, 0.25) is 5.02 Å².